The van der Waals surface area contributed by atoms with E-state index in [-0.39, 0.29) is 17.9 Å². The number of amides is 2. The number of carbonyl (C=O) groups excluding carboxylic acids is 2. The lowest BCUT2D eigenvalue weighted by Gasteiger charge is -2.23. The van der Waals surface area contributed by atoms with E-state index in [9.17, 15) is 9.59 Å². The van der Waals surface area contributed by atoms with Crippen molar-refractivity contribution in [2.45, 2.75) is 25.9 Å². The van der Waals surface area contributed by atoms with Gasteiger partial charge in [0.15, 0.2) is 0 Å². The lowest BCUT2D eigenvalue weighted by atomic mass is 10.1. The van der Waals surface area contributed by atoms with E-state index in [2.05, 4.69) is 16.0 Å². The van der Waals surface area contributed by atoms with Crippen LogP contribution in [0.25, 0.3) is 0 Å². The Balaban J connectivity index is 1.79. The topological polar surface area (TPSA) is 79.5 Å². The van der Waals surface area contributed by atoms with E-state index in [0.717, 1.165) is 17.8 Å². The van der Waals surface area contributed by atoms with Crippen molar-refractivity contribution in [1.29, 1.82) is 0 Å². The second-order valence-electron chi connectivity index (χ2n) is 5.08. The predicted octanol–water partition coefficient (Wildman–Crippen LogP) is 0.640. The highest BCUT2D eigenvalue weighted by atomic mass is 16.5. The van der Waals surface area contributed by atoms with Gasteiger partial charge >= 0.3 is 0 Å². The van der Waals surface area contributed by atoms with Crippen molar-refractivity contribution in [1.82, 2.24) is 10.6 Å². The minimum atomic E-state index is -0.0606. The monoisotopic (exact) mass is 291 g/mol. The van der Waals surface area contributed by atoms with E-state index in [1.165, 1.54) is 6.92 Å². The van der Waals surface area contributed by atoms with Crippen LogP contribution in [0.4, 0.5) is 5.69 Å². The Bertz CT molecular complexity index is 481. The number of benzene rings is 1. The van der Waals surface area contributed by atoms with Gasteiger partial charge in [0, 0.05) is 38.2 Å². The Morgan fingerprint density at radius 2 is 2.10 bits per heavy atom. The molecule has 1 saturated heterocycles. The van der Waals surface area contributed by atoms with Crippen LogP contribution in [-0.2, 0) is 20.9 Å². The highest BCUT2D eigenvalue weighted by Crippen LogP contribution is 2.10. The first-order chi connectivity index (χ1) is 10.1. The molecule has 2 amide bonds. The lowest BCUT2D eigenvalue weighted by Crippen LogP contribution is -2.43. The molecule has 114 valence electrons. The maximum Gasteiger partial charge on any atom is 0.226 e. The zero-order valence-corrected chi connectivity index (χ0v) is 12.1. The minimum absolute atomic E-state index is 0.0346. The van der Waals surface area contributed by atoms with Gasteiger partial charge in [-0.05, 0) is 17.7 Å². The molecule has 6 heteroatoms. The Labute approximate surface area is 124 Å². The van der Waals surface area contributed by atoms with Gasteiger partial charge in [-0.15, -0.1) is 0 Å². The Morgan fingerprint density at radius 3 is 2.71 bits per heavy atom. The fourth-order valence-electron chi connectivity index (χ4n) is 2.12. The summed E-state index contributed by atoms with van der Waals surface area (Å²) < 4.78 is 5.32. The summed E-state index contributed by atoms with van der Waals surface area (Å²) in [6, 6.07) is 7.51. The third kappa shape index (κ3) is 5.53. The van der Waals surface area contributed by atoms with E-state index in [1.807, 2.05) is 24.3 Å². The molecule has 2 rings (SSSR count). The van der Waals surface area contributed by atoms with Gasteiger partial charge in [0.2, 0.25) is 11.8 Å². The molecule has 6 nitrogen and oxygen atoms in total. The predicted molar refractivity (Wildman–Crippen MR) is 79.8 cm³/mol. The standard InChI is InChI=1S/C15H21N3O3/c1-11(19)17-9-12-2-4-13(5-3-12)18-15(20)8-14-10-21-7-6-16-14/h2-5,14,16H,6-10H2,1H3,(H,17,19)(H,18,20). The van der Waals surface area contributed by atoms with Crippen LogP contribution in [-0.4, -0.2) is 37.6 Å². The number of rotatable bonds is 5. The zero-order chi connectivity index (χ0) is 15.1. The lowest BCUT2D eigenvalue weighted by molar-refractivity contribution is -0.119. The summed E-state index contributed by atoms with van der Waals surface area (Å²) in [6.45, 7) is 4.04. The normalized spacial score (nSPS) is 18.0. The largest absolute Gasteiger partial charge is 0.378 e. The van der Waals surface area contributed by atoms with Crippen molar-refractivity contribution in [2.24, 2.45) is 0 Å². The molecule has 0 saturated carbocycles. The molecular weight excluding hydrogens is 270 g/mol. The van der Waals surface area contributed by atoms with E-state index in [0.29, 0.717) is 26.2 Å². The van der Waals surface area contributed by atoms with Crippen LogP contribution in [0, 0.1) is 0 Å². The number of hydrogen-bond acceptors (Lipinski definition) is 4. The average Bonchev–Trinajstić information content (AvgIpc) is 2.47. The molecule has 0 bridgehead atoms. The van der Waals surface area contributed by atoms with Gasteiger partial charge in [-0.25, -0.2) is 0 Å². The first kappa shape index (κ1) is 15.5. The average molecular weight is 291 g/mol. The van der Waals surface area contributed by atoms with Crippen LogP contribution in [0.15, 0.2) is 24.3 Å². The highest BCUT2D eigenvalue weighted by molar-refractivity contribution is 5.91. The van der Waals surface area contributed by atoms with Gasteiger partial charge in [0.1, 0.15) is 0 Å². The van der Waals surface area contributed by atoms with E-state index >= 15 is 0 Å². The van der Waals surface area contributed by atoms with Crippen LogP contribution < -0.4 is 16.0 Å². The van der Waals surface area contributed by atoms with Crippen LogP contribution in [0.3, 0.4) is 0 Å². The van der Waals surface area contributed by atoms with Gasteiger partial charge in [0.25, 0.3) is 0 Å². The molecule has 0 spiro atoms. The molecule has 21 heavy (non-hydrogen) atoms. The summed E-state index contributed by atoms with van der Waals surface area (Å²) in [6.07, 6.45) is 0.396. The molecule has 3 N–H and O–H groups in total. The summed E-state index contributed by atoms with van der Waals surface area (Å²) >= 11 is 0. The molecule has 1 fully saturated rings. The Kier molecular flexibility index (Phi) is 5.71. The molecule has 1 aliphatic rings. The molecule has 1 aliphatic heterocycles. The molecule has 0 radical (unpaired) electrons. The summed E-state index contributed by atoms with van der Waals surface area (Å²) in [4.78, 5) is 22.8. The van der Waals surface area contributed by atoms with Crippen molar-refractivity contribution < 1.29 is 14.3 Å². The summed E-state index contributed by atoms with van der Waals surface area (Å²) in [5.74, 6) is -0.0952. The van der Waals surface area contributed by atoms with Gasteiger partial charge in [-0.3, -0.25) is 9.59 Å². The summed E-state index contributed by atoms with van der Waals surface area (Å²) in [5, 5.41) is 8.83. The quantitative estimate of drug-likeness (QED) is 0.744. The summed E-state index contributed by atoms with van der Waals surface area (Å²) in [7, 11) is 0. The van der Waals surface area contributed by atoms with Gasteiger partial charge in [0.05, 0.1) is 13.2 Å². The fourth-order valence-corrected chi connectivity index (χ4v) is 2.12. The Hall–Kier alpha value is -1.92. The third-order valence-electron chi connectivity index (χ3n) is 3.21. The van der Waals surface area contributed by atoms with E-state index in [1.54, 1.807) is 0 Å². The molecular formula is C15H21N3O3. The first-order valence-electron chi connectivity index (χ1n) is 7.08. The maximum absolute atomic E-state index is 11.9. The first-order valence-corrected chi connectivity index (χ1v) is 7.08. The number of morpholine rings is 1. The molecule has 1 aromatic carbocycles. The van der Waals surface area contributed by atoms with Crippen LogP contribution in [0.1, 0.15) is 18.9 Å². The zero-order valence-electron chi connectivity index (χ0n) is 12.1. The van der Waals surface area contributed by atoms with Crippen LogP contribution in [0.5, 0.6) is 0 Å². The van der Waals surface area contributed by atoms with Crippen LogP contribution >= 0.6 is 0 Å². The minimum Gasteiger partial charge on any atom is -0.378 e. The highest BCUT2D eigenvalue weighted by Gasteiger charge is 2.16. The maximum atomic E-state index is 11.9. The van der Waals surface area contributed by atoms with Crippen molar-refractivity contribution in [3.63, 3.8) is 0 Å². The molecule has 0 aromatic heterocycles. The second kappa shape index (κ2) is 7.75. The van der Waals surface area contributed by atoms with E-state index < -0.39 is 0 Å². The number of anilines is 1. The summed E-state index contributed by atoms with van der Waals surface area (Å²) in [5.41, 5.74) is 1.74. The molecule has 1 unspecified atom stereocenters. The molecule has 1 atom stereocenters. The Morgan fingerprint density at radius 1 is 1.33 bits per heavy atom. The SMILES string of the molecule is CC(=O)NCc1ccc(NC(=O)CC2COCCN2)cc1. The molecule has 1 aromatic rings. The van der Waals surface area contributed by atoms with Gasteiger partial charge < -0.3 is 20.7 Å². The van der Waals surface area contributed by atoms with Crippen molar-refractivity contribution in [3.8, 4) is 0 Å². The number of carbonyl (C=O) groups is 2. The molecule has 1 heterocycles. The third-order valence-corrected chi connectivity index (χ3v) is 3.21. The van der Waals surface area contributed by atoms with Crippen molar-refractivity contribution in [2.75, 3.05) is 25.1 Å². The number of hydrogen-bond donors (Lipinski definition) is 3. The molecule has 0 aliphatic carbocycles. The van der Waals surface area contributed by atoms with Crippen molar-refractivity contribution >= 4 is 17.5 Å². The van der Waals surface area contributed by atoms with E-state index in [4.69, 9.17) is 4.74 Å². The number of ether oxygens (including phenoxy) is 1. The smallest absolute Gasteiger partial charge is 0.226 e. The van der Waals surface area contributed by atoms with Gasteiger partial charge in [-0.1, -0.05) is 12.1 Å². The second-order valence-corrected chi connectivity index (χ2v) is 5.08. The van der Waals surface area contributed by atoms with Gasteiger partial charge in [-0.2, -0.15) is 0 Å². The van der Waals surface area contributed by atoms with Crippen molar-refractivity contribution in [3.05, 3.63) is 29.8 Å². The number of nitrogens with one attached hydrogen (secondary N) is 3. The fraction of sp³-hybridized carbons (Fsp3) is 0.467. The van der Waals surface area contributed by atoms with Crippen LogP contribution in [0.2, 0.25) is 0 Å².